The van der Waals surface area contributed by atoms with Gasteiger partial charge in [-0.1, -0.05) is 43.6 Å². The van der Waals surface area contributed by atoms with Crippen LogP contribution in [0.1, 0.15) is 27.7 Å². The molecule has 1 unspecified atom stereocenters. The Morgan fingerprint density at radius 2 is 2.06 bits per heavy atom. The van der Waals surface area contributed by atoms with Gasteiger partial charge in [-0.05, 0) is 29.5 Å². The fourth-order valence-corrected chi connectivity index (χ4v) is 2.20. The quantitative estimate of drug-likeness (QED) is 0.909. The minimum absolute atomic E-state index is 0.259. The van der Waals surface area contributed by atoms with Crippen molar-refractivity contribution in [3.05, 3.63) is 22.7 Å². The lowest BCUT2D eigenvalue weighted by atomic mass is 9.82. The van der Waals surface area contributed by atoms with E-state index in [1.54, 1.807) is 0 Å². The first kappa shape index (κ1) is 13.4. The topological polar surface area (TPSA) is 43.8 Å². The molecule has 0 amide bonds. The summed E-state index contributed by atoms with van der Waals surface area (Å²) in [6.07, 6.45) is 0. The fraction of sp³-hybridized carbons (Fsp3) is 0.500. The lowest BCUT2D eigenvalue weighted by molar-refractivity contribution is 0.236. The predicted octanol–water partition coefficient (Wildman–Crippen LogP) is 4.06. The Morgan fingerprint density at radius 1 is 1.39 bits per heavy atom. The molecule has 3 nitrogen and oxygen atoms in total. The molecule has 0 saturated heterocycles. The lowest BCUT2D eigenvalue weighted by Gasteiger charge is -2.28. The highest BCUT2D eigenvalue weighted by Crippen LogP contribution is 2.30. The highest BCUT2D eigenvalue weighted by atomic mass is 79.9. The maximum absolute atomic E-state index is 6.03. The van der Waals surface area contributed by atoms with Crippen LogP contribution in [0, 0.1) is 11.3 Å². The van der Waals surface area contributed by atoms with Crippen LogP contribution < -0.4 is 5.73 Å². The van der Waals surface area contributed by atoms with Crippen LogP contribution in [0.5, 0.6) is 0 Å². The first-order chi connectivity index (χ1) is 8.29. The van der Waals surface area contributed by atoms with Crippen LogP contribution in [0.2, 0.25) is 0 Å². The van der Waals surface area contributed by atoms with Crippen molar-refractivity contribution in [1.82, 2.24) is 9.55 Å². The van der Waals surface area contributed by atoms with Gasteiger partial charge in [0.1, 0.15) is 0 Å². The van der Waals surface area contributed by atoms with Crippen LogP contribution in [0.25, 0.3) is 11.0 Å². The van der Waals surface area contributed by atoms with Gasteiger partial charge in [-0.2, -0.15) is 0 Å². The first-order valence-electron chi connectivity index (χ1n) is 6.20. The summed E-state index contributed by atoms with van der Waals surface area (Å²) in [6.45, 7) is 9.90. The standard InChI is InChI=1S/C14H20BrN3/c1-9(14(2,3)4)8-18-12-7-10(15)5-6-11(12)17-13(18)16/h5-7,9H,8H2,1-4H3,(H2,16,17). The van der Waals surface area contributed by atoms with Gasteiger partial charge >= 0.3 is 0 Å². The third-order valence-corrected chi connectivity index (χ3v) is 4.17. The molecule has 18 heavy (non-hydrogen) atoms. The third kappa shape index (κ3) is 2.53. The van der Waals surface area contributed by atoms with E-state index in [2.05, 4.69) is 59.2 Å². The smallest absolute Gasteiger partial charge is 0.201 e. The first-order valence-corrected chi connectivity index (χ1v) is 6.99. The maximum atomic E-state index is 6.03. The van der Waals surface area contributed by atoms with Gasteiger partial charge in [0.2, 0.25) is 5.95 Å². The van der Waals surface area contributed by atoms with E-state index in [4.69, 9.17) is 5.73 Å². The Kier molecular flexibility index (Phi) is 3.41. The summed E-state index contributed by atoms with van der Waals surface area (Å²) in [5.41, 5.74) is 8.34. The van der Waals surface area contributed by atoms with E-state index < -0.39 is 0 Å². The molecule has 2 rings (SSSR count). The van der Waals surface area contributed by atoms with Gasteiger partial charge in [0.15, 0.2) is 0 Å². The highest BCUT2D eigenvalue weighted by Gasteiger charge is 2.22. The normalized spacial score (nSPS) is 14.1. The largest absolute Gasteiger partial charge is 0.369 e. The number of nitrogens with two attached hydrogens (primary N) is 1. The van der Waals surface area contributed by atoms with Crippen molar-refractivity contribution >= 4 is 32.9 Å². The molecule has 1 aromatic carbocycles. The number of imidazole rings is 1. The second-order valence-corrected chi connectivity index (χ2v) is 6.90. The average molecular weight is 310 g/mol. The number of anilines is 1. The SMILES string of the molecule is CC(Cn1c(N)nc2ccc(Br)cc21)C(C)(C)C. The van der Waals surface area contributed by atoms with Crippen molar-refractivity contribution in [1.29, 1.82) is 0 Å². The zero-order valence-corrected chi connectivity index (χ0v) is 13.0. The van der Waals surface area contributed by atoms with Gasteiger partial charge in [-0.25, -0.2) is 4.98 Å². The van der Waals surface area contributed by atoms with Crippen molar-refractivity contribution in [2.24, 2.45) is 11.3 Å². The van der Waals surface area contributed by atoms with Crippen molar-refractivity contribution in [2.45, 2.75) is 34.2 Å². The number of nitrogen functional groups attached to an aromatic ring is 1. The third-order valence-electron chi connectivity index (χ3n) is 3.67. The Balaban J connectivity index is 2.44. The van der Waals surface area contributed by atoms with Crippen LogP contribution in [0.3, 0.4) is 0 Å². The molecule has 98 valence electrons. The number of rotatable bonds is 2. The van der Waals surface area contributed by atoms with Crippen LogP contribution in [-0.4, -0.2) is 9.55 Å². The van der Waals surface area contributed by atoms with Crippen LogP contribution in [0.4, 0.5) is 5.95 Å². The molecule has 0 fully saturated rings. The summed E-state index contributed by atoms with van der Waals surface area (Å²) in [5, 5.41) is 0. The molecule has 1 aromatic heterocycles. The number of nitrogens with zero attached hydrogens (tertiary/aromatic N) is 2. The summed E-state index contributed by atoms with van der Waals surface area (Å²) in [7, 11) is 0. The second-order valence-electron chi connectivity index (χ2n) is 5.98. The summed E-state index contributed by atoms with van der Waals surface area (Å²) in [4.78, 5) is 4.41. The number of benzene rings is 1. The summed E-state index contributed by atoms with van der Waals surface area (Å²) in [6, 6.07) is 6.06. The van der Waals surface area contributed by atoms with E-state index in [-0.39, 0.29) is 5.41 Å². The summed E-state index contributed by atoms with van der Waals surface area (Å²) in [5.74, 6) is 1.12. The van der Waals surface area contributed by atoms with Crippen molar-refractivity contribution in [2.75, 3.05) is 5.73 Å². The number of fused-ring (bicyclic) bond motifs is 1. The molecule has 0 radical (unpaired) electrons. The number of aromatic nitrogens is 2. The molecule has 1 heterocycles. The van der Waals surface area contributed by atoms with Crippen LogP contribution >= 0.6 is 15.9 Å². The summed E-state index contributed by atoms with van der Waals surface area (Å²) >= 11 is 3.50. The van der Waals surface area contributed by atoms with Crippen LogP contribution in [-0.2, 0) is 6.54 Å². The maximum Gasteiger partial charge on any atom is 0.201 e. The van der Waals surface area contributed by atoms with Crippen molar-refractivity contribution < 1.29 is 0 Å². The van der Waals surface area contributed by atoms with E-state index in [0.29, 0.717) is 11.9 Å². The zero-order valence-electron chi connectivity index (χ0n) is 11.4. The van der Waals surface area contributed by atoms with E-state index >= 15 is 0 Å². The lowest BCUT2D eigenvalue weighted by Crippen LogP contribution is -2.23. The van der Waals surface area contributed by atoms with E-state index in [9.17, 15) is 0 Å². The Hall–Kier alpha value is -1.03. The van der Waals surface area contributed by atoms with Gasteiger partial charge < -0.3 is 10.3 Å². The number of halogens is 1. The predicted molar refractivity (Wildman–Crippen MR) is 80.5 cm³/mol. The molecule has 0 aliphatic rings. The molecule has 1 atom stereocenters. The minimum atomic E-state index is 0.259. The molecular weight excluding hydrogens is 290 g/mol. The number of hydrogen-bond acceptors (Lipinski definition) is 2. The molecule has 2 N–H and O–H groups in total. The van der Waals surface area contributed by atoms with Crippen molar-refractivity contribution in [3.8, 4) is 0 Å². The molecule has 4 heteroatoms. The van der Waals surface area contributed by atoms with Crippen molar-refractivity contribution in [3.63, 3.8) is 0 Å². The van der Waals surface area contributed by atoms with E-state index in [0.717, 1.165) is 22.1 Å². The van der Waals surface area contributed by atoms with Gasteiger partial charge in [0, 0.05) is 11.0 Å². The molecule has 2 aromatic rings. The van der Waals surface area contributed by atoms with Gasteiger partial charge in [0.25, 0.3) is 0 Å². The molecule has 0 aliphatic carbocycles. The highest BCUT2D eigenvalue weighted by molar-refractivity contribution is 9.10. The average Bonchev–Trinajstić information content (AvgIpc) is 2.54. The van der Waals surface area contributed by atoms with Gasteiger partial charge in [-0.15, -0.1) is 0 Å². The van der Waals surface area contributed by atoms with Crippen LogP contribution in [0.15, 0.2) is 22.7 Å². The molecule has 0 aliphatic heterocycles. The summed E-state index contributed by atoms with van der Waals surface area (Å²) < 4.78 is 3.16. The molecule has 0 spiro atoms. The minimum Gasteiger partial charge on any atom is -0.369 e. The molecule has 0 bridgehead atoms. The Labute approximate surface area is 117 Å². The Bertz CT molecular complexity index is 566. The number of hydrogen-bond donors (Lipinski definition) is 1. The molecular formula is C14H20BrN3. The van der Waals surface area contributed by atoms with E-state index in [1.165, 1.54) is 0 Å². The van der Waals surface area contributed by atoms with Gasteiger partial charge in [0.05, 0.1) is 11.0 Å². The second kappa shape index (κ2) is 4.57. The molecule has 0 saturated carbocycles. The van der Waals surface area contributed by atoms with E-state index in [1.807, 2.05) is 12.1 Å². The zero-order chi connectivity index (χ0) is 13.5. The fourth-order valence-electron chi connectivity index (χ4n) is 1.85. The van der Waals surface area contributed by atoms with Gasteiger partial charge in [-0.3, -0.25) is 0 Å². The Morgan fingerprint density at radius 3 is 2.67 bits per heavy atom. The monoisotopic (exact) mass is 309 g/mol.